The highest BCUT2D eigenvalue weighted by Crippen LogP contribution is 2.19. The van der Waals surface area contributed by atoms with E-state index in [4.69, 9.17) is 9.84 Å². The molecular formula is C20H28O3S. The molecule has 0 aliphatic heterocycles. The van der Waals surface area contributed by atoms with Crippen LogP contribution in [0.2, 0.25) is 0 Å². The van der Waals surface area contributed by atoms with Gasteiger partial charge >= 0.3 is 5.97 Å². The maximum absolute atomic E-state index is 10.5. The predicted molar refractivity (Wildman–Crippen MR) is 104 cm³/mol. The fourth-order valence-corrected chi connectivity index (χ4v) is 2.52. The van der Waals surface area contributed by atoms with Gasteiger partial charge in [0, 0.05) is 5.75 Å². The van der Waals surface area contributed by atoms with E-state index in [1.807, 2.05) is 38.1 Å². The van der Waals surface area contributed by atoms with Crippen molar-refractivity contribution in [2.45, 2.75) is 40.6 Å². The van der Waals surface area contributed by atoms with Crippen LogP contribution in [0.1, 0.15) is 38.0 Å². The number of carbonyl (C=O) groups is 1. The second-order valence-corrected chi connectivity index (χ2v) is 5.79. The van der Waals surface area contributed by atoms with Crippen molar-refractivity contribution in [3.63, 3.8) is 0 Å². The third kappa shape index (κ3) is 8.63. The van der Waals surface area contributed by atoms with E-state index in [9.17, 15) is 4.79 Å². The molecule has 2 aromatic rings. The quantitative estimate of drug-likeness (QED) is 0.712. The van der Waals surface area contributed by atoms with E-state index in [2.05, 4.69) is 31.2 Å². The molecule has 2 aromatic carbocycles. The average molecular weight is 349 g/mol. The number of hydrogen-bond acceptors (Lipinski definition) is 3. The fourth-order valence-electron chi connectivity index (χ4n) is 1.83. The van der Waals surface area contributed by atoms with E-state index in [1.165, 1.54) is 17.3 Å². The molecule has 0 amide bonds. The Hall–Kier alpha value is -1.94. The number of carboxylic acids is 1. The van der Waals surface area contributed by atoms with Gasteiger partial charge in [-0.15, -0.1) is 11.8 Å². The average Bonchev–Trinajstić information content (AvgIpc) is 2.56. The summed E-state index contributed by atoms with van der Waals surface area (Å²) in [6.07, 6.45) is 0. The number of aliphatic carboxylic acids is 1. The molecule has 0 aliphatic rings. The molecule has 0 unspecified atom stereocenters. The van der Waals surface area contributed by atoms with Crippen molar-refractivity contribution in [2.24, 2.45) is 0 Å². The summed E-state index contributed by atoms with van der Waals surface area (Å²) in [5, 5.41) is 8.63. The van der Waals surface area contributed by atoms with Crippen LogP contribution in [0.25, 0.3) is 0 Å². The zero-order valence-corrected chi connectivity index (χ0v) is 14.7. The third-order valence-electron chi connectivity index (χ3n) is 2.92. The molecule has 3 nitrogen and oxygen atoms in total. The Morgan fingerprint density at radius 2 is 1.75 bits per heavy atom. The van der Waals surface area contributed by atoms with E-state index in [0.29, 0.717) is 12.4 Å². The summed E-state index contributed by atoms with van der Waals surface area (Å²) in [7, 11) is 0. The molecule has 0 bridgehead atoms. The largest absolute Gasteiger partial charge is 0.489 e. The van der Waals surface area contributed by atoms with E-state index in [0.717, 1.165) is 16.9 Å². The molecule has 24 heavy (non-hydrogen) atoms. The minimum Gasteiger partial charge on any atom is -0.489 e. The molecule has 132 valence electrons. The van der Waals surface area contributed by atoms with Gasteiger partial charge in [0.05, 0.1) is 5.75 Å². The van der Waals surface area contributed by atoms with Gasteiger partial charge < -0.3 is 9.84 Å². The molecule has 0 aliphatic carbocycles. The van der Waals surface area contributed by atoms with E-state index < -0.39 is 5.97 Å². The minimum atomic E-state index is -0.785. The van der Waals surface area contributed by atoms with Gasteiger partial charge in [0.25, 0.3) is 0 Å². The lowest BCUT2D eigenvalue weighted by molar-refractivity contribution is -0.133. The maximum Gasteiger partial charge on any atom is 0.313 e. The number of carboxylic acid groups (broad SMARTS) is 1. The summed E-state index contributed by atoms with van der Waals surface area (Å²) < 4.78 is 5.77. The van der Waals surface area contributed by atoms with Crippen molar-refractivity contribution < 1.29 is 14.6 Å². The van der Waals surface area contributed by atoms with Gasteiger partial charge in [0.15, 0.2) is 0 Å². The first kappa shape index (κ1) is 22.1. The van der Waals surface area contributed by atoms with Gasteiger partial charge in [-0.1, -0.05) is 63.2 Å². The van der Waals surface area contributed by atoms with Crippen LogP contribution < -0.4 is 4.74 Å². The van der Waals surface area contributed by atoms with Crippen LogP contribution in [0.15, 0.2) is 48.5 Å². The van der Waals surface area contributed by atoms with Crippen LogP contribution in [0.4, 0.5) is 0 Å². The molecule has 0 saturated heterocycles. The number of rotatable bonds is 7. The fraction of sp³-hybridized carbons (Fsp3) is 0.350. The van der Waals surface area contributed by atoms with Gasteiger partial charge in [-0.3, -0.25) is 4.79 Å². The molecule has 0 fully saturated rings. The predicted octanol–water partition coefficient (Wildman–Crippen LogP) is 5.55. The molecule has 0 atom stereocenters. The first-order valence-electron chi connectivity index (χ1n) is 7.70. The standard InChI is InChI=1S/C17H18O3S.C2H6.CH4/c1-13-5-7-14(8-6-13)10-20-16-4-2-3-15(9-16)11-21-12-17(18)19;1-2;/h2-9H,10-12H2,1H3,(H,18,19);1-2H3;1H4. The molecule has 0 spiro atoms. The van der Waals surface area contributed by atoms with E-state index in [-0.39, 0.29) is 13.2 Å². The number of hydrogen-bond donors (Lipinski definition) is 1. The van der Waals surface area contributed by atoms with Crippen LogP contribution >= 0.6 is 11.8 Å². The van der Waals surface area contributed by atoms with Gasteiger partial charge in [0.1, 0.15) is 12.4 Å². The molecule has 0 radical (unpaired) electrons. The van der Waals surface area contributed by atoms with Crippen LogP contribution in [0.3, 0.4) is 0 Å². The Bertz CT molecular complexity index is 594. The van der Waals surface area contributed by atoms with Crippen molar-refractivity contribution in [1.29, 1.82) is 0 Å². The molecule has 4 heteroatoms. The number of ether oxygens (including phenoxy) is 1. The molecule has 2 rings (SSSR count). The van der Waals surface area contributed by atoms with Crippen LogP contribution in [0.5, 0.6) is 5.75 Å². The van der Waals surface area contributed by atoms with Gasteiger partial charge in [0.2, 0.25) is 0 Å². The van der Waals surface area contributed by atoms with E-state index in [1.54, 1.807) is 0 Å². The number of aryl methyl sites for hydroxylation is 1. The smallest absolute Gasteiger partial charge is 0.313 e. The highest BCUT2D eigenvalue weighted by atomic mass is 32.2. The lowest BCUT2D eigenvalue weighted by atomic mass is 10.2. The zero-order chi connectivity index (χ0) is 17.1. The molecule has 0 heterocycles. The maximum atomic E-state index is 10.5. The zero-order valence-electron chi connectivity index (χ0n) is 13.9. The molecule has 0 aromatic heterocycles. The van der Waals surface area contributed by atoms with Crippen molar-refractivity contribution >= 4 is 17.7 Å². The minimum absolute atomic E-state index is 0. The van der Waals surface area contributed by atoms with Crippen molar-refractivity contribution in [3.05, 3.63) is 65.2 Å². The van der Waals surface area contributed by atoms with Crippen LogP contribution in [-0.2, 0) is 17.2 Å². The summed E-state index contributed by atoms with van der Waals surface area (Å²) in [5.74, 6) is 0.818. The SMILES string of the molecule is C.CC.Cc1ccc(COc2cccc(CSCC(=O)O)c2)cc1. The van der Waals surface area contributed by atoms with Crippen molar-refractivity contribution in [2.75, 3.05) is 5.75 Å². The lowest BCUT2D eigenvalue weighted by Crippen LogP contribution is -1.98. The number of benzene rings is 2. The second kappa shape index (κ2) is 12.5. The monoisotopic (exact) mass is 348 g/mol. The van der Waals surface area contributed by atoms with Crippen molar-refractivity contribution in [1.82, 2.24) is 0 Å². The highest BCUT2D eigenvalue weighted by molar-refractivity contribution is 7.99. The van der Waals surface area contributed by atoms with Gasteiger partial charge in [-0.05, 0) is 30.2 Å². The molecule has 1 N–H and O–H groups in total. The second-order valence-electron chi connectivity index (χ2n) is 4.81. The third-order valence-corrected chi connectivity index (χ3v) is 3.91. The topological polar surface area (TPSA) is 46.5 Å². The molecular weight excluding hydrogens is 320 g/mol. The van der Waals surface area contributed by atoms with Crippen molar-refractivity contribution in [3.8, 4) is 5.75 Å². The van der Waals surface area contributed by atoms with Crippen LogP contribution in [0, 0.1) is 6.92 Å². The summed E-state index contributed by atoms with van der Waals surface area (Å²) in [6, 6.07) is 16.0. The molecule has 0 saturated carbocycles. The Balaban J connectivity index is 0.00000170. The summed E-state index contributed by atoms with van der Waals surface area (Å²) in [5.41, 5.74) is 3.44. The van der Waals surface area contributed by atoms with Gasteiger partial charge in [-0.2, -0.15) is 0 Å². The lowest BCUT2D eigenvalue weighted by Gasteiger charge is -2.08. The first-order valence-corrected chi connectivity index (χ1v) is 8.86. The summed E-state index contributed by atoms with van der Waals surface area (Å²) in [6.45, 7) is 6.59. The highest BCUT2D eigenvalue weighted by Gasteiger charge is 2.01. The number of thioether (sulfide) groups is 1. The normalized spacial score (nSPS) is 9.29. The van der Waals surface area contributed by atoms with Gasteiger partial charge in [-0.25, -0.2) is 0 Å². The summed E-state index contributed by atoms with van der Waals surface area (Å²) in [4.78, 5) is 10.5. The first-order chi connectivity index (χ1) is 11.1. The van der Waals surface area contributed by atoms with Crippen LogP contribution in [-0.4, -0.2) is 16.8 Å². The Morgan fingerprint density at radius 1 is 1.08 bits per heavy atom. The Morgan fingerprint density at radius 3 is 2.38 bits per heavy atom. The summed E-state index contributed by atoms with van der Waals surface area (Å²) >= 11 is 1.38. The Kier molecular flexibility index (Phi) is 11.5. The van der Waals surface area contributed by atoms with E-state index >= 15 is 0 Å². The Labute approximate surface area is 150 Å².